The maximum absolute atomic E-state index is 12.5. The van der Waals surface area contributed by atoms with E-state index in [1.807, 2.05) is 18.2 Å². The molecular formula is C19H19ClN4O3. The lowest BCUT2D eigenvalue weighted by atomic mass is 10.1. The zero-order valence-corrected chi connectivity index (χ0v) is 15.9. The van der Waals surface area contributed by atoms with Gasteiger partial charge in [-0.2, -0.15) is 0 Å². The van der Waals surface area contributed by atoms with E-state index in [0.29, 0.717) is 21.8 Å². The van der Waals surface area contributed by atoms with Crippen LogP contribution >= 0.6 is 11.6 Å². The van der Waals surface area contributed by atoms with Crippen molar-refractivity contribution in [1.29, 1.82) is 0 Å². The van der Waals surface area contributed by atoms with Crippen molar-refractivity contribution >= 4 is 40.1 Å². The number of carbonyl (C=O) groups is 2. The predicted octanol–water partition coefficient (Wildman–Crippen LogP) is 2.33. The van der Waals surface area contributed by atoms with Crippen LogP contribution in [0.3, 0.4) is 0 Å². The summed E-state index contributed by atoms with van der Waals surface area (Å²) < 4.78 is 2.91. The predicted molar refractivity (Wildman–Crippen MR) is 105 cm³/mol. The summed E-state index contributed by atoms with van der Waals surface area (Å²) in [5.74, 6) is -0.639. The summed E-state index contributed by atoms with van der Waals surface area (Å²) in [6.07, 6.45) is 0. The SMILES string of the molecule is CN(C)C(=O)c1cc(NC(=O)Cn2c(=O)n(C)c3ccccc32)ccc1Cl. The number of halogens is 1. The fourth-order valence-corrected chi connectivity index (χ4v) is 3.07. The Bertz CT molecular complexity index is 1100. The minimum Gasteiger partial charge on any atom is -0.345 e. The highest BCUT2D eigenvalue weighted by atomic mass is 35.5. The Kier molecular flexibility index (Phi) is 5.05. The molecule has 0 bridgehead atoms. The van der Waals surface area contributed by atoms with Crippen LogP contribution in [0, 0.1) is 0 Å². The number of hydrogen-bond donors (Lipinski definition) is 1. The molecule has 1 heterocycles. The van der Waals surface area contributed by atoms with Gasteiger partial charge < -0.3 is 10.2 Å². The lowest BCUT2D eigenvalue weighted by Gasteiger charge is -2.13. The third-order valence-corrected chi connectivity index (χ3v) is 4.57. The van der Waals surface area contributed by atoms with E-state index in [1.54, 1.807) is 39.3 Å². The first-order valence-corrected chi connectivity index (χ1v) is 8.62. The van der Waals surface area contributed by atoms with Crippen LogP contribution in [0.15, 0.2) is 47.3 Å². The normalized spacial score (nSPS) is 10.8. The molecule has 0 aliphatic heterocycles. The Balaban J connectivity index is 1.86. The molecule has 2 amide bonds. The first-order chi connectivity index (χ1) is 12.8. The Morgan fingerprint density at radius 1 is 1.11 bits per heavy atom. The molecule has 0 radical (unpaired) electrons. The molecule has 0 spiro atoms. The van der Waals surface area contributed by atoms with Gasteiger partial charge in [0.1, 0.15) is 6.54 Å². The number of hydrogen-bond acceptors (Lipinski definition) is 3. The molecule has 0 fully saturated rings. The summed E-state index contributed by atoms with van der Waals surface area (Å²) in [5.41, 5.74) is 1.89. The minimum absolute atomic E-state index is 0.139. The molecule has 2 aromatic carbocycles. The molecule has 0 saturated heterocycles. The van der Waals surface area contributed by atoms with E-state index >= 15 is 0 Å². The third kappa shape index (κ3) is 3.59. The van der Waals surface area contributed by atoms with Gasteiger partial charge in [0.25, 0.3) is 5.91 Å². The van der Waals surface area contributed by atoms with Crippen molar-refractivity contribution in [2.45, 2.75) is 6.54 Å². The van der Waals surface area contributed by atoms with E-state index in [9.17, 15) is 14.4 Å². The van der Waals surface area contributed by atoms with Crippen LogP contribution in [0.2, 0.25) is 5.02 Å². The second-order valence-corrected chi connectivity index (χ2v) is 6.77. The average molecular weight is 387 g/mol. The highest BCUT2D eigenvalue weighted by Gasteiger charge is 2.16. The zero-order valence-electron chi connectivity index (χ0n) is 15.2. The largest absolute Gasteiger partial charge is 0.345 e. The van der Waals surface area contributed by atoms with E-state index < -0.39 is 0 Å². The number of fused-ring (bicyclic) bond motifs is 1. The number of anilines is 1. The van der Waals surface area contributed by atoms with E-state index in [1.165, 1.54) is 20.1 Å². The van der Waals surface area contributed by atoms with Gasteiger partial charge in [-0.05, 0) is 30.3 Å². The molecule has 27 heavy (non-hydrogen) atoms. The number of aromatic nitrogens is 2. The molecular weight excluding hydrogens is 368 g/mol. The number of para-hydroxylation sites is 2. The van der Waals surface area contributed by atoms with Crippen molar-refractivity contribution in [3.8, 4) is 0 Å². The average Bonchev–Trinajstić information content (AvgIpc) is 2.88. The Morgan fingerprint density at radius 3 is 2.44 bits per heavy atom. The van der Waals surface area contributed by atoms with Gasteiger partial charge in [0.05, 0.1) is 21.6 Å². The molecule has 3 rings (SSSR count). The number of rotatable bonds is 4. The van der Waals surface area contributed by atoms with Crippen LogP contribution in [-0.4, -0.2) is 39.9 Å². The van der Waals surface area contributed by atoms with Crippen molar-refractivity contribution in [3.05, 3.63) is 63.5 Å². The first kappa shape index (κ1) is 18.7. The lowest BCUT2D eigenvalue weighted by Crippen LogP contribution is -2.28. The molecule has 7 nitrogen and oxygen atoms in total. The maximum atomic E-state index is 12.5. The highest BCUT2D eigenvalue weighted by Crippen LogP contribution is 2.22. The molecule has 0 atom stereocenters. The first-order valence-electron chi connectivity index (χ1n) is 8.25. The van der Waals surface area contributed by atoms with Crippen LogP contribution in [0.4, 0.5) is 5.69 Å². The molecule has 140 valence electrons. The number of nitrogens with one attached hydrogen (secondary N) is 1. The van der Waals surface area contributed by atoms with Gasteiger partial charge in [0.2, 0.25) is 5.91 Å². The van der Waals surface area contributed by atoms with Gasteiger partial charge in [0.15, 0.2) is 0 Å². The van der Waals surface area contributed by atoms with Gasteiger partial charge >= 0.3 is 5.69 Å². The summed E-state index contributed by atoms with van der Waals surface area (Å²) in [4.78, 5) is 38.5. The van der Waals surface area contributed by atoms with Gasteiger partial charge in [-0.25, -0.2) is 4.79 Å². The molecule has 1 aromatic heterocycles. The monoisotopic (exact) mass is 386 g/mol. The maximum Gasteiger partial charge on any atom is 0.329 e. The molecule has 0 aliphatic rings. The standard InChI is InChI=1S/C19H19ClN4O3/c1-22(2)18(26)13-10-12(8-9-14(13)20)21-17(25)11-24-16-7-5-4-6-15(16)23(3)19(24)27/h4-10H,11H2,1-3H3,(H,21,25). The fraction of sp³-hybridized carbons (Fsp3) is 0.211. The van der Waals surface area contributed by atoms with Crippen molar-refractivity contribution in [2.75, 3.05) is 19.4 Å². The molecule has 3 aromatic rings. The van der Waals surface area contributed by atoms with Crippen molar-refractivity contribution in [2.24, 2.45) is 7.05 Å². The summed E-state index contributed by atoms with van der Waals surface area (Å²) in [7, 11) is 4.91. The van der Waals surface area contributed by atoms with E-state index in [-0.39, 0.29) is 24.0 Å². The Morgan fingerprint density at radius 2 is 1.78 bits per heavy atom. The van der Waals surface area contributed by atoms with E-state index in [0.717, 1.165) is 5.52 Å². The minimum atomic E-state index is -0.376. The second kappa shape index (κ2) is 7.28. The number of aryl methyl sites for hydroxylation is 1. The topological polar surface area (TPSA) is 76.3 Å². The molecule has 8 heteroatoms. The zero-order chi connectivity index (χ0) is 19.7. The van der Waals surface area contributed by atoms with E-state index in [2.05, 4.69) is 5.32 Å². The quantitative estimate of drug-likeness (QED) is 0.747. The second-order valence-electron chi connectivity index (χ2n) is 6.36. The smallest absolute Gasteiger partial charge is 0.329 e. The van der Waals surface area contributed by atoms with Crippen LogP contribution in [-0.2, 0) is 18.4 Å². The summed E-state index contributed by atoms with van der Waals surface area (Å²) in [6, 6.07) is 12.0. The molecule has 0 saturated carbocycles. The van der Waals surface area contributed by atoms with Crippen LogP contribution < -0.4 is 11.0 Å². The number of carbonyl (C=O) groups excluding carboxylic acids is 2. The van der Waals surface area contributed by atoms with Gasteiger partial charge in [-0.1, -0.05) is 23.7 Å². The van der Waals surface area contributed by atoms with Crippen LogP contribution in [0.1, 0.15) is 10.4 Å². The Labute approximate surface area is 160 Å². The third-order valence-electron chi connectivity index (χ3n) is 4.24. The number of benzene rings is 2. The van der Waals surface area contributed by atoms with Crippen molar-refractivity contribution < 1.29 is 9.59 Å². The fourth-order valence-electron chi connectivity index (χ4n) is 2.87. The van der Waals surface area contributed by atoms with Gasteiger partial charge in [-0.15, -0.1) is 0 Å². The summed E-state index contributed by atoms with van der Waals surface area (Å²) in [6.45, 7) is -0.139. The summed E-state index contributed by atoms with van der Waals surface area (Å²) in [5, 5.41) is 3.02. The Hall–Kier alpha value is -3.06. The van der Waals surface area contributed by atoms with Crippen molar-refractivity contribution in [1.82, 2.24) is 14.0 Å². The van der Waals surface area contributed by atoms with E-state index in [4.69, 9.17) is 11.6 Å². The van der Waals surface area contributed by atoms with Gasteiger partial charge in [-0.3, -0.25) is 18.7 Å². The van der Waals surface area contributed by atoms with Crippen LogP contribution in [0.25, 0.3) is 11.0 Å². The van der Waals surface area contributed by atoms with Gasteiger partial charge in [0, 0.05) is 26.8 Å². The number of nitrogens with zero attached hydrogens (tertiary/aromatic N) is 3. The summed E-state index contributed by atoms with van der Waals surface area (Å²) >= 11 is 6.08. The number of amides is 2. The lowest BCUT2D eigenvalue weighted by molar-refractivity contribution is -0.116. The molecule has 1 N–H and O–H groups in total. The number of imidazole rings is 1. The van der Waals surface area contributed by atoms with Crippen LogP contribution in [0.5, 0.6) is 0 Å². The highest BCUT2D eigenvalue weighted by molar-refractivity contribution is 6.34. The van der Waals surface area contributed by atoms with Crippen molar-refractivity contribution in [3.63, 3.8) is 0 Å². The molecule has 0 aliphatic carbocycles. The molecule has 0 unspecified atom stereocenters.